The summed E-state index contributed by atoms with van der Waals surface area (Å²) >= 11 is 0. The van der Waals surface area contributed by atoms with Gasteiger partial charge >= 0.3 is 0 Å². The lowest BCUT2D eigenvalue weighted by atomic mass is 9.74. The third-order valence-electron chi connectivity index (χ3n) is 6.74. The fourth-order valence-corrected chi connectivity index (χ4v) is 5.10. The Morgan fingerprint density at radius 1 is 0.719 bits per heavy atom. The van der Waals surface area contributed by atoms with Crippen LogP contribution >= 0.6 is 0 Å². The van der Waals surface area contributed by atoms with E-state index in [1.165, 1.54) is 22.3 Å². The zero-order valence-corrected chi connectivity index (χ0v) is 18.9. The van der Waals surface area contributed by atoms with Crippen molar-refractivity contribution in [3.63, 3.8) is 0 Å². The molecule has 3 aromatic rings. The molecule has 1 N–H and O–H groups in total. The summed E-state index contributed by atoms with van der Waals surface area (Å²) in [6, 6.07) is 24.4. The van der Waals surface area contributed by atoms with Crippen LogP contribution in [0.1, 0.15) is 17.0 Å². The van der Waals surface area contributed by atoms with Crippen LogP contribution in [0.25, 0.3) is 11.1 Å². The highest BCUT2D eigenvalue weighted by atomic mass is 16.5. The molecular weight excluding hydrogens is 400 g/mol. The summed E-state index contributed by atoms with van der Waals surface area (Å²) in [5, 5.41) is 3.74. The van der Waals surface area contributed by atoms with Gasteiger partial charge in [0, 0.05) is 43.7 Å². The Morgan fingerprint density at radius 3 is 1.78 bits per heavy atom. The van der Waals surface area contributed by atoms with E-state index in [4.69, 9.17) is 14.2 Å². The Hall–Kier alpha value is -3.02. The molecule has 32 heavy (non-hydrogen) atoms. The van der Waals surface area contributed by atoms with Gasteiger partial charge in [0.2, 0.25) is 0 Å². The molecule has 3 aliphatic rings. The molecule has 0 saturated carbocycles. The highest BCUT2D eigenvalue weighted by molar-refractivity contribution is 5.64. The summed E-state index contributed by atoms with van der Waals surface area (Å²) in [7, 11) is 5.09. The molecule has 3 fully saturated rings. The topological polar surface area (TPSA) is 43.0 Å². The molecule has 0 aliphatic carbocycles. The van der Waals surface area contributed by atoms with E-state index in [1.807, 2.05) is 18.2 Å². The second kappa shape index (κ2) is 8.85. The molecule has 1 unspecified atom stereocenters. The van der Waals surface area contributed by atoms with Crippen molar-refractivity contribution in [2.75, 3.05) is 34.4 Å². The number of benzene rings is 3. The van der Waals surface area contributed by atoms with Crippen LogP contribution in [-0.2, 0) is 6.54 Å². The van der Waals surface area contributed by atoms with Crippen molar-refractivity contribution in [3.8, 4) is 28.4 Å². The Morgan fingerprint density at radius 2 is 1.25 bits per heavy atom. The number of nitrogens with one attached hydrogen (secondary N) is 1. The van der Waals surface area contributed by atoms with Crippen molar-refractivity contribution in [3.05, 3.63) is 77.9 Å². The fraction of sp³-hybridized carbons (Fsp3) is 0.333. The van der Waals surface area contributed by atoms with Crippen LogP contribution in [-0.4, -0.2) is 51.4 Å². The van der Waals surface area contributed by atoms with Gasteiger partial charge in [0.15, 0.2) is 0 Å². The van der Waals surface area contributed by atoms with E-state index in [9.17, 15) is 0 Å². The first-order chi connectivity index (χ1) is 15.7. The third kappa shape index (κ3) is 4.06. The average Bonchev–Trinajstić information content (AvgIpc) is 2.84. The number of hydrogen-bond donors (Lipinski definition) is 1. The van der Waals surface area contributed by atoms with Crippen molar-refractivity contribution in [2.45, 2.75) is 24.5 Å². The zero-order valence-electron chi connectivity index (χ0n) is 18.9. The van der Waals surface area contributed by atoms with Crippen molar-refractivity contribution < 1.29 is 14.2 Å². The van der Waals surface area contributed by atoms with Crippen LogP contribution in [0.4, 0.5) is 0 Å². The van der Waals surface area contributed by atoms with Gasteiger partial charge in [0.25, 0.3) is 0 Å². The summed E-state index contributed by atoms with van der Waals surface area (Å²) in [6.07, 6.45) is 0. The SMILES string of the molecule is COc1ccc(-c2ccc(C3[C@@H]4CN(Cc5cc(OC)cc(OC)c5)C[C@H]3N4)cc2)cc1. The minimum atomic E-state index is 0.494. The first-order valence-electron chi connectivity index (χ1n) is 11.1. The highest BCUT2D eigenvalue weighted by Gasteiger charge is 2.46. The van der Waals surface area contributed by atoms with E-state index in [2.05, 4.69) is 58.7 Å². The molecule has 6 rings (SSSR count). The monoisotopic (exact) mass is 430 g/mol. The van der Waals surface area contributed by atoms with Crippen LogP contribution in [0, 0.1) is 0 Å². The van der Waals surface area contributed by atoms with E-state index in [-0.39, 0.29) is 0 Å². The van der Waals surface area contributed by atoms with E-state index < -0.39 is 0 Å². The predicted octanol–water partition coefficient (Wildman–Crippen LogP) is 4.32. The van der Waals surface area contributed by atoms with Gasteiger partial charge in [0.05, 0.1) is 21.3 Å². The standard InChI is InChI=1S/C27H30N2O3/c1-30-22-10-8-20(9-11-22)19-4-6-21(7-5-19)27-25-16-29(17-26(27)28-25)15-18-12-23(31-2)14-24(13-18)32-3/h4-14,25-28H,15-17H2,1-3H3/t25-,26+,27?. The summed E-state index contributed by atoms with van der Waals surface area (Å²) in [5.41, 5.74) is 5.10. The lowest BCUT2D eigenvalue weighted by Gasteiger charge is -2.55. The Balaban J connectivity index is 1.24. The number of rotatable bonds is 7. The number of piperazine rings is 1. The lowest BCUT2D eigenvalue weighted by Crippen LogP contribution is -2.71. The molecule has 166 valence electrons. The molecule has 2 bridgehead atoms. The van der Waals surface area contributed by atoms with Gasteiger partial charge in [-0.3, -0.25) is 4.90 Å². The Labute approximate surface area is 189 Å². The maximum absolute atomic E-state index is 5.43. The second-order valence-corrected chi connectivity index (χ2v) is 8.67. The summed E-state index contributed by atoms with van der Waals surface area (Å²) in [5.74, 6) is 3.15. The van der Waals surface area contributed by atoms with Crippen molar-refractivity contribution >= 4 is 0 Å². The molecule has 0 amide bonds. The van der Waals surface area contributed by atoms with Crippen LogP contribution in [0.2, 0.25) is 0 Å². The molecule has 3 aromatic carbocycles. The lowest BCUT2D eigenvalue weighted by molar-refractivity contribution is 0.0470. The Bertz CT molecular complexity index is 1030. The molecule has 3 saturated heterocycles. The molecule has 0 radical (unpaired) electrons. The minimum absolute atomic E-state index is 0.494. The van der Waals surface area contributed by atoms with Gasteiger partial charge in [-0.05, 0) is 46.5 Å². The fourth-order valence-electron chi connectivity index (χ4n) is 5.10. The van der Waals surface area contributed by atoms with Crippen LogP contribution in [0.3, 0.4) is 0 Å². The Kier molecular flexibility index (Phi) is 5.77. The number of piperidine rings is 1. The summed E-state index contributed by atoms with van der Waals surface area (Å²) < 4.78 is 16.1. The number of nitrogens with zero attached hydrogens (tertiary/aromatic N) is 1. The minimum Gasteiger partial charge on any atom is -0.497 e. The molecular formula is C27H30N2O3. The van der Waals surface area contributed by atoms with E-state index in [1.54, 1.807) is 21.3 Å². The molecule has 0 spiro atoms. The third-order valence-corrected chi connectivity index (χ3v) is 6.74. The summed E-state index contributed by atoms with van der Waals surface area (Å²) in [6.45, 7) is 2.99. The van der Waals surface area contributed by atoms with E-state index in [0.717, 1.165) is 36.9 Å². The predicted molar refractivity (Wildman–Crippen MR) is 127 cm³/mol. The molecule has 5 heteroatoms. The number of hydrogen-bond acceptors (Lipinski definition) is 5. The smallest absolute Gasteiger partial charge is 0.122 e. The first kappa shape index (κ1) is 20.9. The van der Waals surface area contributed by atoms with E-state index >= 15 is 0 Å². The van der Waals surface area contributed by atoms with Crippen LogP contribution < -0.4 is 19.5 Å². The molecule has 0 aromatic heterocycles. The van der Waals surface area contributed by atoms with Gasteiger partial charge in [-0.1, -0.05) is 36.4 Å². The van der Waals surface area contributed by atoms with Gasteiger partial charge in [-0.25, -0.2) is 0 Å². The van der Waals surface area contributed by atoms with Crippen molar-refractivity contribution in [1.82, 2.24) is 10.2 Å². The highest BCUT2D eigenvalue weighted by Crippen LogP contribution is 2.38. The first-order valence-corrected chi connectivity index (χ1v) is 11.1. The van der Waals surface area contributed by atoms with Crippen LogP contribution in [0.5, 0.6) is 17.2 Å². The van der Waals surface area contributed by atoms with Gasteiger partial charge in [0.1, 0.15) is 17.2 Å². The average molecular weight is 431 g/mol. The van der Waals surface area contributed by atoms with Crippen LogP contribution in [0.15, 0.2) is 66.7 Å². The van der Waals surface area contributed by atoms with E-state index in [0.29, 0.717) is 18.0 Å². The van der Waals surface area contributed by atoms with Crippen molar-refractivity contribution in [1.29, 1.82) is 0 Å². The largest absolute Gasteiger partial charge is 0.497 e. The zero-order chi connectivity index (χ0) is 22.1. The molecule has 3 atom stereocenters. The second-order valence-electron chi connectivity index (χ2n) is 8.67. The maximum atomic E-state index is 5.43. The quantitative estimate of drug-likeness (QED) is 0.605. The van der Waals surface area contributed by atoms with Gasteiger partial charge in [-0.15, -0.1) is 0 Å². The normalized spacial score (nSPS) is 22.2. The van der Waals surface area contributed by atoms with Gasteiger partial charge < -0.3 is 19.5 Å². The number of methoxy groups -OCH3 is 3. The van der Waals surface area contributed by atoms with Gasteiger partial charge in [-0.2, -0.15) is 0 Å². The number of ether oxygens (including phenoxy) is 3. The molecule has 3 aliphatic heterocycles. The maximum Gasteiger partial charge on any atom is 0.122 e. The van der Waals surface area contributed by atoms with Crippen molar-refractivity contribution in [2.24, 2.45) is 0 Å². The molecule has 3 heterocycles. The number of fused-ring (bicyclic) bond motifs is 2. The molecule has 5 nitrogen and oxygen atoms in total. The summed E-state index contributed by atoms with van der Waals surface area (Å²) in [4.78, 5) is 2.53.